The first-order chi connectivity index (χ1) is 14.7. The molecule has 1 aliphatic rings. The average molecular weight is 413 g/mol. The fraction of sp³-hybridized carbons (Fsp3) is 0.280. The Labute approximate surface area is 179 Å². The Hall–Kier alpha value is -2.92. The minimum absolute atomic E-state index is 0.757. The van der Waals surface area contributed by atoms with Crippen LogP contribution in [0.3, 0.4) is 0 Å². The van der Waals surface area contributed by atoms with Crippen LogP contribution in [0.15, 0.2) is 42.7 Å². The highest BCUT2D eigenvalue weighted by atomic mass is 32.1. The van der Waals surface area contributed by atoms with E-state index in [-0.39, 0.29) is 0 Å². The van der Waals surface area contributed by atoms with Crippen molar-refractivity contribution in [2.24, 2.45) is 5.92 Å². The van der Waals surface area contributed by atoms with Crippen molar-refractivity contribution in [1.82, 2.24) is 15.0 Å². The number of anilines is 2. The van der Waals surface area contributed by atoms with Gasteiger partial charge in [0.2, 0.25) is 0 Å². The second-order valence-corrected chi connectivity index (χ2v) is 9.54. The van der Waals surface area contributed by atoms with Crippen LogP contribution < -0.4 is 5.32 Å². The van der Waals surface area contributed by atoms with Gasteiger partial charge in [-0.05, 0) is 54.9 Å². The summed E-state index contributed by atoms with van der Waals surface area (Å²) < 4.78 is 0. The van der Waals surface area contributed by atoms with Crippen molar-refractivity contribution in [1.29, 1.82) is 0 Å². The van der Waals surface area contributed by atoms with Crippen molar-refractivity contribution in [3.8, 4) is 0 Å². The molecule has 3 aromatic heterocycles. The van der Waals surface area contributed by atoms with Gasteiger partial charge in [-0.25, -0.2) is 9.97 Å². The lowest BCUT2D eigenvalue weighted by Gasteiger charge is -2.18. The SMILES string of the molecule is CCc1cccc2c1[nH]c1cc(Nc3ncnc4sc5c(c34)CCC(C)C5)ccc12. The quantitative estimate of drug-likeness (QED) is 0.344. The molecule has 5 heteroatoms. The van der Waals surface area contributed by atoms with Gasteiger partial charge >= 0.3 is 0 Å². The molecule has 5 aromatic rings. The molecule has 0 amide bonds. The van der Waals surface area contributed by atoms with E-state index in [9.17, 15) is 0 Å². The average Bonchev–Trinajstić information content (AvgIpc) is 3.31. The maximum atomic E-state index is 4.63. The molecular weight excluding hydrogens is 388 g/mol. The van der Waals surface area contributed by atoms with E-state index < -0.39 is 0 Å². The van der Waals surface area contributed by atoms with Crippen molar-refractivity contribution >= 4 is 54.9 Å². The molecule has 1 aliphatic carbocycles. The van der Waals surface area contributed by atoms with E-state index in [1.54, 1.807) is 6.33 Å². The third-order valence-electron chi connectivity index (χ3n) is 6.46. The van der Waals surface area contributed by atoms with Crippen LogP contribution in [0.25, 0.3) is 32.0 Å². The Kier molecular flexibility index (Phi) is 4.06. The van der Waals surface area contributed by atoms with Crippen molar-refractivity contribution in [2.75, 3.05) is 5.32 Å². The van der Waals surface area contributed by atoms with Crippen molar-refractivity contribution in [3.63, 3.8) is 0 Å². The number of fused-ring (bicyclic) bond motifs is 6. The first-order valence-electron chi connectivity index (χ1n) is 10.8. The number of H-pyrrole nitrogens is 1. The Bertz CT molecular complexity index is 1410. The van der Waals surface area contributed by atoms with Crippen molar-refractivity contribution in [3.05, 3.63) is 58.7 Å². The van der Waals surface area contributed by atoms with Crippen LogP contribution in [0.5, 0.6) is 0 Å². The molecule has 0 saturated heterocycles. The number of aromatic nitrogens is 3. The molecule has 30 heavy (non-hydrogen) atoms. The highest BCUT2D eigenvalue weighted by Gasteiger charge is 2.23. The minimum atomic E-state index is 0.757. The summed E-state index contributed by atoms with van der Waals surface area (Å²) in [6, 6.07) is 13.1. The number of aryl methyl sites for hydroxylation is 2. The van der Waals surface area contributed by atoms with Crippen molar-refractivity contribution < 1.29 is 0 Å². The Morgan fingerprint density at radius 3 is 3.00 bits per heavy atom. The maximum Gasteiger partial charge on any atom is 0.142 e. The van der Waals surface area contributed by atoms with Gasteiger partial charge in [-0.3, -0.25) is 0 Å². The summed E-state index contributed by atoms with van der Waals surface area (Å²) in [5.74, 6) is 1.68. The van der Waals surface area contributed by atoms with Gasteiger partial charge in [-0.1, -0.05) is 38.1 Å². The van der Waals surface area contributed by atoms with Crippen LogP contribution in [0, 0.1) is 5.92 Å². The van der Waals surface area contributed by atoms with Crippen molar-refractivity contribution in [2.45, 2.75) is 39.5 Å². The zero-order valence-electron chi connectivity index (χ0n) is 17.2. The highest BCUT2D eigenvalue weighted by Crippen LogP contribution is 2.40. The van der Waals surface area contributed by atoms with Crippen LogP contribution in [0.1, 0.15) is 36.3 Å². The fourth-order valence-electron chi connectivity index (χ4n) is 4.87. The third-order valence-corrected chi connectivity index (χ3v) is 7.62. The summed E-state index contributed by atoms with van der Waals surface area (Å²) in [5.41, 5.74) is 6.27. The van der Waals surface area contributed by atoms with Gasteiger partial charge in [-0.2, -0.15) is 0 Å². The summed E-state index contributed by atoms with van der Waals surface area (Å²) in [7, 11) is 0. The molecule has 0 saturated carbocycles. The number of nitrogens with one attached hydrogen (secondary N) is 2. The number of aromatic amines is 1. The monoisotopic (exact) mass is 412 g/mol. The fourth-order valence-corrected chi connectivity index (χ4v) is 6.22. The van der Waals surface area contributed by atoms with Gasteiger partial charge in [0.25, 0.3) is 0 Å². The third kappa shape index (κ3) is 2.72. The van der Waals surface area contributed by atoms with Gasteiger partial charge in [0.1, 0.15) is 17.0 Å². The zero-order chi connectivity index (χ0) is 20.2. The highest BCUT2D eigenvalue weighted by molar-refractivity contribution is 7.19. The number of benzene rings is 2. The molecular formula is C25H24N4S. The topological polar surface area (TPSA) is 53.6 Å². The smallest absolute Gasteiger partial charge is 0.142 e. The molecule has 2 aromatic carbocycles. The van der Waals surface area contributed by atoms with Gasteiger partial charge < -0.3 is 10.3 Å². The molecule has 0 radical (unpaired) electrons. The first kappa shape index (κ1) is 17.9. The zero-order valence-corrected chi connectivity index (χ0v) is 18.1. The predicted octanol–water partition coefficient (Wildman–Crippen LogP) is 6.76. The van der Waals surface area contributed by atoms with Crippen LogP contribution in [-0.2, 0) is 19.3 Å². The molecule has 0 spiro atoms. The molecule has 150 valence electrons. The second kappa shape index (κ2) is 6.81. The van der Waals surface area contributed by atoms with E-state index >= 15 is 0 Å². The van der Waals surface area contributed by atoms with E-state index in [0.29, 0.717) is 0 Å². The number of hydrogen-bond acceptors (Lipinski definition) is 4. The van der Waals surface area contributed by atoms with Gasteiger partial charge in [0, 0.05) is 32.4 Å². The summed E-state index contributed by atoms with van der Waals surface area (Å²) in [6.45, 7) is 4.55. The van der Waals surface area contributed by atoms with E-state index in [1.807, 2.05) is 11.3 Å². The molecule has 4 nitrogen and oxygen atoms in total. The molecule has 3 heterocycles. The minimum Gasteiger partial charge on any atom is -0.354 e. The lowest BCUT2D eigenvalue weighted by Crippen LogP contribution is -2.09. The number of nitrogens with zero attached hydrogens (tertiary/aromatic N) is 2. The van der Waals surface area contributed by atoms with E-state index in [4.69, 9.17) is 0 Å². The largest absolute Gasteiger partial charge is 0.354 e. The second-order valence-electron chi connectivity index (χ2n) is 8.46. The number of para-hydroxylation sites is 1. The lowest BCUT2D eigenvalue weighted by atomic mass is 9.89. The Balaban J connectivity index is 1.45. The Morgan fingerprint density at radius 1 is 1.17 bits per heavy atom. The molecule has 1 unspecified atom stereocenters. The summed E-state index contributed by atoms with van der Waals surface area (Å²) in [4.78, 5) is 15.4. The summed E-state index contributed by atoms with van der Waals surface area (Å²) >= 11 is 1.84. The van der Waals surface area contributed by atoms with Crippen LogP contribution in [0.4, 0.5) is 11.5 Å². The van der Waals surface area contributed by atoms with Crippen LogP contribution in [-0.4, -0.2) is 15.0 Å². The van der Waals surface area contributed by atoms with Crippen LogP contribution >= 0.6 is 11.3 Å². The Morgan fingerprint density at radius 2 is 2.10 bits per heavy atom. The molecule has 6 rings (SSSR count). The van der Waals surface area contributed by atoms with Gasteiger partial charge in [0.15, 0.2) is 0 Å². The predicted molar refractivity (Wildman–Crippen MR) is 127 cm³/mol. The number of thiophene rings is 1. The maximum absolute atomic E-state index is 4.63. The van der Waals surface area contributed by atoms with E-state index in [0.717, 1.165) is 47.0 Å². The summed E-state index contributed by atoms with van der Waals surface area (Å²) in [6.07, 6.45) is 6.24. The molecule has 0 bridgehead atoms. The molecule has 1 atom stereocenters. The molecule has 0 aliphatic heterocycles. The lowest BCUT2D eigenvalue weighted by molar-refractivity contribution is 0.509. The number of rotatable bonds is 3. The van der Waals surface area contributed by atoms with Crippen LogP contribution in [0.2, 0.25) is 0 Å². The van der Waals surface area contributed by atoms with Gasteiger partial charge in [0.05, 0.1) is 5.39 Å². The standard InChI is InChI=1S/C25H24N4S/c1-3-15-5-4-6-18-17-10-8-16(12-20(17)29-23(15)18)28-24-22-19-9-7-14(2)11-21(19)30-25(22)27-13-26-24/h4-6,8,10,12-14,29H,3,7,9,11H2,1-2H3,(H,26,27,28). The summed E-state index contributed by atoms with van der Waals surface area (Å²) in [5, 5.41) is 7.37. The normalized spacial score (nSPS) is 16.4. The molecule has 2 N–H and O–H groups in total. The van der Waals surface area contributed by atoms with E-state index in [2.05, 4.69) is 70.5 Å². The number of hydrogen-bond donors (Lipinski definition) is 2. The van der Waals surface area contributed by atoms with E-state index in [1.165, 1.54) is 44.1 Å². The van der Waals surface area contributed by atoms with Gasteiger partial charge in [-0.15, -0.1) is 11.3 Å². The first-order valence-corrected chi connectivity index (χ1v) is 11.6. The molecule has 0 fully saturated rings.